The van der Waals surface area contributed by atoms with Crippen LogP contribution in [-0.4, -0.2) is 36.4 Å². The molecule has 3 heterocycles. The van der Waals surface area contributed by atoms with E-state index in [0.717, 1.165) is 23.3 Å². The van der Waals surface area contributed by atoms with Crippen LogP contribution in [0.4, 0.5) is 5.82 Å². The Hall–Kier alpha value is -3.39. The molecule has 3 aromatic heterocycles. The fourth-order valence-electron chi connectivity index (χ4n) is 3.01. The molecule has 0 radical (unpaired) electrons. The molecular weight excluding hydrogens is 382 g/mol. The second-order valence-corrected chi connectivity index (χ2v) is 7.10. The van der Waals surface area contributed by atoms with Gasteiger partial charge < -0.3 is 10.6 Å². The predicted molar refractivity (Wildman–Crippen MR) is 119 cm³/mol. The van der Waals surface area contributed by atoms with Crippen LogP contribution in [0.3, 0.4) is 0 Å². The lowest BCUT2D eigenvalue weighted by Gasteiger charge is -2.08. The van der Waals surface area contributed by atoms with Gasteiger partial charge in [-0.05, 0) is 43.8 Å². The Bertz CT molecular complexity index is 1170. The fraction of sp³-hybridized carbons (Fsp3) is 0.190. The molecule has 0 saturated heterocycles. The number of benzene rings is 1. The summed E-state index contributed by atoms with van der Waals surface area (Å²) in [5.74, 6) is 0.630. The number of fused-ring (bicyclic) bond motifs is 1. The molecule has 0 fully saturated rings. The molecule has 0 amide bonds. The number of aromatic nitrogens is 5. The van der Waals surface area contributed by atoms with E-state index in [2.05, 4.69) is 61.9 Å². The molecule has 7 nitrogen and oxygen atoms in total. The first-order valence-corrected chi connectivity index (χ1v) is 9.78. The molecule has 4 aromatic rings. The molecule has 0 saturated carbocycles. The summed E-state index contributed by atoms with van der Waals surface area (Å²) in [6, 6.07) is 12.1. The van der Waals surface area contributed by atoms with E-state index in [-0.39, 0.29) is 0 Å². The van der Waals surface area contributed by atoms with Gasteiger partial charge in [-0.25, -0.2) is 9.97 Å². The third kappa shape index (κ3) is 4.55. The van der Waals surface area contributed by atoms with Crippen molar-refractivity contribution in [2.75, 3.05) is 11.9 Å². The monoisotopic (exact) mass is 403 g/mol. The van der Waals surface area contributed by atoms with E-state index < -0.39 is 0 Å². The molecule has 4 rings (SSSR count). The molecule has 0 aliphatic rings. The first-order chi connectivity index (χ1) is 14.1. The summed E-state index contributed by atoms with van der Waals surface area (Å²) in [4.78, 5) is 13.7. The number of hydrogen-bond donors (Lipinski definition) is 2. The van der Waals surface area contributed by atoms with Crippen molar-refractivity contribution < 1.29 is 0 Å². The minimum absolute atomic E-state index is 0.529. The standard InChI is InChI=1S/C21H21N7S/c1-3-22-21(29)27-19-8-7-17-20(26-19)25-18(11-23-17)16-10-24-28(13-16)12-15-6-4-5-14(2)9-15/h4-11,13H,3,12H2,1-2H3,(H2,22,25,26,27,29). The van der Waals surface area contributed by atoms with Gasteiger partial charge in [0.25, 0.3) is 0 Å². The van der Waals surface area contributed by atoms with Crippen molar-refractivity contribution in [1.29, 1.82) is 0 Å². The second-order valence-electron chi connectivity index (χ2n) is 6.69. The lowest BCUT2D eigenvalue weighted by molar-refractivity contribution is 0.686. The molecular formula is C21H21N7S. The highest BCUT2D eigenvalue weighted by molar-refractivity contribution is 7.80. The quantitative estimate of drug-likeness (QED) is 0.493. The van der Waals surface area contributed by atoms with Crippen LogP contribution in [0, 0.1) is 6.92 Å². The van der Waals surface area contributed by atoms with Gasteiger partial charge in [0.1, 0.15) is 11.3 Å². The first kappa shape index (κ1) is 18.9. The van der Waals surface area contributed by atoms with E-state index in [0.29, 0.717) is 23.1 Å². The molecule has 0 atom stereocenters. The summed E-state index contributed by atoms with van der Waals surface area (Å²) in [6.45, 7) is 5.52. The molecule has 1 aromatic carbocycles. The average molecular weight is 404 g/mol. The molecule has 8 heteroatoms. The molecule has 146 valence electrons. The molecule has 0 aliphatic heterocycles. The smallest absolute Gasteiger partial charge is 0.180 e. The van der Waals surface area contributed by atoms with E-state index in [9.17, 15) is 0 Å². The summed E-state index contributed by atoms with van der Waals surface area (Å²) in [7, 11) is 0. The maximum absolute atomic E-state index is 5.22. The van der Waals surface area contributed by atoms with Crippen LogP contribution < -0.4 is 10.6 Å². The van der Waals surface area contributed by atoms with E-state index in [1.807, 2.05) is 29.9 Å². The zero-order valence-corrected chi connectivity index (χ0v) is 17.1. The summed E-state index contributed by atoms with van der Waals surface area (Å²) in [5, 5.41) is 11.1. The maximum atomic E-state index is 5.22. The van der Waals surface area contributed by atoms with Crippen LogP contribution in [0.15, 0.2) is 55.0 Å². The van der Waals surface area contributed by atoms with Crippen molar-refractivity contribution in [1.82, 2.24) is 30.0 Å². The first-order valence-electron chi connectivity index (χ1n) is 9.38. The Morgan fingerprint density at radius 1 is 1.14 bits per heavy atom. The topological polar surface area (TPSA) is 80.5 Å². The third-order valence-corrected chi connectivity index (χ3v) is 4.59. The average Bonchev–Trinajstić information content (AvgIpc) is 3.16. The highest BCUT2D eigenvalue weighted by atomic mass is 32.1. The van der Waals surface area contributed by atoms with Crippen LogP contribution in [0.25, 0.3) is 22.4 Å². The number of nitrogens with one attached hydrogen (secondary N) is 2. The fourth-order valence-corrected chi connectivity index (χ4v) is 3.26. The Labute approximate surface area is 174 Å². The van der Waals surface area contributed by atoms with Crippen LogP contribution in [0.1, 0.15) is 18.1 Å². The van der Waals surface area contributed by atoms with Gasteiger partial charge in [-0.1, -0.05) is 29.8 Å². The molecule has 0 bridgehead atoms. The summed E-state index contributed by atoms with van der Waals surface area (Å²) in [6.07, 6.45) is 5.52. The van der Waals surface area contributed by atoms with Gasteiger partial charge in [-0.2, -0.15) is 5.10 Å². The largest absolute Gasteiger partial charge is 0.363 e. The number of pyridine rings is 1. The molecule has 0 aliphatic carbocycles. The summed E-state index contributed by atoms with van der Waals surface area (Å²) < 4.78 is 1.90. The number of thiocarbonyl (C=S) groups is 1. The molecule has 0 unspecified atom stereocenters. The Morgan fingerprint density at radius 3 is 2.86 bits per heavy atom. The van der Waals surface area contributed by atoms with Crippen molar-refractivity contribution in [2.24, 2.45) is 0 Å². The molecule has 0 spiro atoms. The van der Waals surface area contributed by atoms with Crippen LogP contribution in [0.2, 0.25) is 0 Å². The van der Waals surface area contributed by atoms with Gasteiger partial charge in [-0.3, -0.25) is 9.67 Å². The van der Waals surface area contributed by atoms with Crippen molar-refractivity contribution >= 4 is 34.3 Å². The summed E-state index contributed by atoms with van der Waals surface area (Å²) in [5.41, 5.74) is 5.35. The summed E-state index contributed by atoms with van der Waals surface area (Å²) >= 11 is 5.22. The highest BCUT2D eigenvalue weighted by Crippen LogP contribution is 2.19. The van der Waals surface area contributed by atoms with Gasteiger partial charge in [0.05, 0.1) is 24.6 Å². The molecule has 29 heavy (non-hydrogen) atoms. The SMILES string of the molecule is CCNC(=S)Nc1ccc2ncc(-c3cnn(Cc4cccc(C)c4)c3)nc2n1. The van der Waals surface area contributed by atoms with E-state index in [4.69, 9.17) is 12.2 Å². The number of anilines is 1. The van der Waals surface area contributed by atoms with Gasteiger partial charge in [0, 0.05) is 18.3 Å². The Morgan fingerprint density at radius 2 is 2.03 bits per heavy atom. The number of rotatable bonds is 5. The van der Waals surface area contributed by atoms with E-state index >= 15 is 0 Å². The number of nitrogens with zero attached hydrogens (tertiary/aromatic N) is 5. The van der Waals surface area contributed by atoms with Gasteiger partial charge in [-0.15, -0.1) is 0 Å². The van der Waals surface area contributed by atoms with Crippen molar-refractivity contribution in [2.45, 2.75) is 20.4 Å². The van der Waals surface area contributed by atoms with Gasteiger partial charge in [0.15, 0.2) is 10.8 Å². The van der Waals surface area contributed by atoms with Crippen molar-refractivity contribution in [3.8, 4) is 11.3 Å². The highest BCUT2D eigenvalue weighted by Gasteiger charge is 2.08. The zero-order chi connectivity index (χ0) is 20.2. The number of aryl methyl sites for hydroxylation is 1. The Balaban J connectivity index is 1.57. The lowest BCUT2D eigenvalue weighted by atomic mass is 10.1. The normalized spacial score (nSPS) is 10.8. The van der Waals surface area contributed by atoms with Gasteiger partial charge >= 0.3 is 0 Å². The van der Waals surface area contributed by atoms with Crippen molar-refractivity contribution in [3.05, 3.63) is 66.1 Å². The Kier molecular flexibility index (Phi) is 5.44. The van der Waals surface area contributed by atoms with E-state index in [1.165, 1.54) is 11.1 Å². The predicted octanol–water partition coefficient (Wildman–Crippen LogP) is 3.55. The molecule has 2 N–H and O–H groups in total. The van der Waals surface area contributed by atoms with E-state index in [1.54, 1.807) is 12.4 Å². The maximum Gasteiger partial charge on any atom is 0.180 e. The second kappa shape index (κ2) is 8.32. The minimum atomic E-state index is 0.529. The van der Waals surface area contributed by atoms with Gasteiger partial charge in [0.2, 0.25) is 0 Å². The minimum Gasteiger partial charge on any atom is -0.363 e. The zero-order valence-electron chi connectivity index (χ0n) is 16.3. The lowest BCUT2D eigenvalue weighted by Crippen LogP contribution is -2.28. The van der Waals surface area contributed by atoms with Crippen LogP contribution in [0.5, 0.6) is 0 Å². The van der Waals surface area contributed by atoms with Crippen LogP contribution in [-0.2, 0) is 6.54 Å². The van der Waals surface area contributed by atoms with Crippen LogP contribution >= 0.6 is 12.2 Å². The van der Waals surface area contributed by atoms with Crippen molar-refractivity contribution in [3.63, 3.8) is 0 Å². The number of hydrogen-bond acceptors (Lipinski definition) is 5. The third-order valence-electron chi connectivity index (χ3n) is 4.34.